The SMILES string of the molecule is O=C(c1cccc(CCl)c1)N1CCC2(O)CCCCC2C1. The van der Waals surface area contributed by atoms with Crippen LogP contribution < -0.4 is 0 Å². The third kappa shape index (κ3) is 2.95. The number of nitrogens with zero attached hydrogens (tertiary/aromatic N) is 1. The van der Waals surface area contributed by atoms with Crippen LogP contribution in [-0.2, 0) is 5.88 Å². The summed E-state index contributed by atoms with van der Waals surface area (Å²) in [7, 11) is 0. The van der Waals surface area contributed by atoms with Gasteiger partial charge in [0, 0.05) is 30.5 Å². The van der Waals surface area contributed by atoms with Gasteiger partial charge >= 0.3 is 0 Å². The molecule has 114 valence electrons. The van der Waals surface area contributed by atoms with Crippen molar-refractivity contribution in [3.8, 4) is 0 Å². The number of hydrogen-bond donors (Lipinski definition) is 1. The fourth-order valence-electron chi connectivity index (χ4n) is 3.73. The Balaban J connectivity index is 1.74. The normalized spacial score (nSPS) is 29.0. The van der Waals surface area contributed by atoms with Gasteiger partial charge in [-0.05, 0) is 37.0 Å². The highest BCUT2D eigenvalue weighted by atomic mass is 35.5. The number of benzene rings is 1. The fourth-order valence-corrected chi connectivity index (χ4v) is 3.89. The van der Waals surface area contributed by atoms with Crippen molar-refractivity contribution in [2.45, 2.75) is 43.6 Å². The quantitative estimate of drug-likeness (QED) is 0.852. The molecule has 1 amide bonds. The Morgan fingerprint density at radius 1 is 1.38 bits per heavy atom. The van der Waals surface area contributed by atoms with Gasteiger partial charge in [0.2, 0.25) is 0 Å². The number of carbonyl (C=O) groups excluding carboxylic acids is 1. The number of rotatable bonds is 2. The van der Waals surface area contributed by atoms with Crippen LogP contribution in [0.2, 0.25) is 0 Å². The van der Waals surface area contributed by atoms with E-state index in [1.807, 2.05) is 29.2 Å². The van der Waals surface area contributed by atoms with E-state index in [1.165, 1.54) is 0 Å². The molecule has 1 aromatic carbocycles. The molecule has 1 heterocycles. The van der Waals surface area contributed by atoms with E-state index in [-0.39, 0.29) is 11.8 Å². The number of likely N-dealkylation sites (tertiary alicyclic amines) is 1. The Hall–Kier alpha value is -1.06. The van der Waals surface area contributed by atoms with Crippen molar-refractivity contribution in [3.05, 3.63) is 35.4 Å². The number of aliphatic hydroxyl groups is 1. The Morgan fingerprint density at radius 2 is 2.24 bits per heavy atom. The minimum Gasteiger partial charge on any atom is -0.389 e. The zero-order chi connectivity index (χ0) is 14.9. The first-order valence-electron chi connectivity index (χ1n) is 7.79. The van der Waals surface area contributed by atoms with E-state index in [0.29, 0.717) is 31.0 Å². The van der Waals surface area contributed by atoms with Gasteiger partial charge in [-0.15, -0.1) is 11.6 Å². The predicted molar refractivity (Wildman–Crippen MR) is 83.4 cm³/mol. The molecule has 1 aromatic rings. The van der Waals surface area contributed by atoms with Crippen LogP contribution in [0.1, 0.15) is 48.0 Å². The third-order valence-corrected chi connectivity index (χ3v) is 5.35. The molecule has 2 atom stereocenters. The topological polar surface area (TPSA) is 40.5 Å². The second-order valence-electron chi connectivity index (χ2n) is 6.38. The lowest BCUT2D eigenvalue weighted by molar-refractivity contribution is -0.0886. The predicted octanol–water partition coefficient (Wildman–Crippen LogP) is 3.19. The van der Waals surface area contributed by atoms with Crippen molar-refractivity contribution >= 4 is 17.5 Å². The van der Waals surface area contributed by atoms with E-state index in [9.17, 15) is 9.90 Å². The number of piperidine rings is 1. The number of fused-ring (bicyclic) bond motifs is 1. The highest BCUT2D eigenvalue weighted by molar-refractivity contribution is 6.17. The number of amides is 1. The first kappa shape index (κ1) is 14.9. The van der Waals surface area contributed by atoms with Crippen LogP contribution in [0.15, 0.2) is 24.3 Å². The van der Waals surface area contributed by atoms with E-state index in [2.05, 4.69) is 0 Å². The molecule has 1 saturated heterocycles. The van der Waals surface area contributed by atoms with Crippen molar-refractivity contribution in [1.29, 1.82) is 0 Å². The van der Waals surface area contributed by atoms with Gasteiger partial charge in [0.25, 0.3) is 5.91 Å². The van der Waals surface area contributed by atoms with Crippen molar-refractivity contribution in [3.63, 3.8) is 0 Å². The van der Waals surface area contributed by atoms with Crippen LogP contribution in [-0.4, -0.2) is 34.6 Å². The molecule has 21 heavy (non-hydrogen) atoms. The molecular formula is C17H22ClNO2. The summed E-state index contributed by atoms with van der Waals surface area (Å²) in [5.41, 5.74) is 1.13. The van der Waals surface area contributed by atoms with Gasteiger partial charge in [-0.2, -0.15) is 0 Å². The van der Waals surface area contributed by atoms with Crippen LogP contribution in [0.5, 0.6) is 0 Å². The van der Waals surface area contributed by atoms with Gasteiger partial charge in [-0.1, -0.05) is 25.0 Å². The van der Waals surface area contributed by atoms with Crippen LogP contribution in [0.25, 0.3) is 0 Å². The summed E-state index contributed by atoms with van der Waals surface area (Å²) in [6, 6.07) is 7.53. The Labute approximate surface area is 130 Å². The molecular weight excluding hydrogens is 286 g/mol. The standard InChI is InChI=1S/C17H22ClNO2/c18-11-13-4-3-5-14(10-13)16(20)19-9-8-17(21)7-2-1-6-15(17)12-19/h3-5,10,15,21H,1-2,6-9,11-12H2. The summed E-state index contributed by atoms with van der Waals surface area (Å²) in [6.07, 6.45) is 4.90. The molecule has 4 heteroatoms. The molecule has 1 aliphatic heterocycles. The first-order chi connectivity index (χ1) is 10.1. The van der Waals surface area contributed by atoms with Crippen molar-refractivity contribution in [2.75, 3.05) is 13.1 Å². The van der Waals surface area contributed by atoms with Crippen LogP contribution in [0.4, 0.5) is 0 Å². The summed E-state index contributed by atoms with van der Waals surface area (Å²) >= 11 is 5.84. The van der Waals surface area contributed by atoms with Crippen LogP contribution in [0.3, 0.4) is 0 Å². The van der Waals surface area contributed by atoms with E-state index >= 15 is 0 Å². The zero-order valence-electron chi connectivity index (χ0n) is 12.2. The van der Waals surface area contributed by atoms with Gasteiger partial charge in [-0.3, -0.25) is 4.79 Å². The average molecular weight is 308 g/mol. The summed E-state index contributed by atoms with van der Waals surface area (Å²) in [6.45, 7) is 1.33. The number of carbonyl (C=O) groups is 1. The Morgan fingerprint density at radius 3 is 3.05 bits per heavy atom. The maximum Gasteiger partial charge on any atom is 0.253 e. The lowest BCUT2D eigenvalue weighted by Crippen LogP contribution is -2.54. The minimum atomic E-state index is -0.535. The molecule has 0 bridgehead atoms. The minimum absolute atomic E-state index is 0.0644. The molecule has 2 fully saturated rings. The van der Waals surface area contributed by atoms with Crippen molar-refractivity contribution in [1.82, 2.24) is 4.90 Å². The third-order valence-electron chi connectivity index (χ3n) is 5.04. The molecule has 0 radical (unpaired) electrons. The summed E-state index contributed by atoms with van der Waals surface area (Å²) < 4.78 is 0. The smallest absolute Gasteiger partial charge is 0.253 e. The molecule has 3 rings (SSSR count). The van der Waals surface area contributed by atoms with Gasteiger partial charge < -0.3 is 10.0 Å². The molecule has 1 aliphatic carbocycles. The number of halogens is 1. The van der Waals surface area contributed by atoms with Crippen molar-refractivity contribution in [2.24, 2.45) is 5.92 Å². The highest BCUT2D eigenvalue weighted by Gasteiger charge is 2.43. The second kappa shape index (κ2) is 5.98. The monoisotopic (exact) mass is 307 g/mol. The van der Waals surface area contributed by atoms with Gasteiger partial charge in [0.05, 0.1) is 5.60 Å². The summed E-state index contributed by atoms with van der Waals surface area (Å²) in [5, 5.41) is 10.7. The summed E-state index contributed by atoms with van der Waals surface area (Å²) in [5.74, 6) is 0.721. The van der Waals surface area contributed by atoms with Gasteiger partial charge in [0.15, 0.2) is 0 Å². The summed E-state index contributed by atoms with van der Waals surface area (Å²) in [4.78, 5) is 14.5. The van der Waals surface area contributed by atoms with Crippen molar-refractivity contribution < 1.29 is 9.90 Å². The molecule has 1 N–H and O–H groups in total. The molecule has 2 aliphatic rings. The maximum absolute atomic E-state index is 12.6. The molecule has 3 nitrogen and oxygen atoms in total. The second-order valence-corrected chi connectivity index (χ2v) is 6.65. The Bertz CT molecular complexity index is 533. The van der Waals surface area contributed by atoms with E-state index in [1.54, 1.807) is 0 Å². The van der Waals surface area contributed by atoms with E-state index in [0.717, 1.165) is 31.2 Å². The van der Waals surface area contributed by atoms with Gasteiger partial charge in [-0.25, -0.2) is 0 Å². The van der Waals surface area contributed by atoms with E-state index < -0.39 is 5.60 Å². The van der Waals surface area contributed by atoms with E-state index in [4.69, 9.17) is 11.6 Å². The lowest BCUT2D eigenvalue weighted by atomic mass is 9.71. The maximum atomic E-state index is 12.6. The largest absolute Gasteiger partial charge is 0.389 e. The fraction of sp³-hybridized carbons (Fsp3) is 0.588. The molecule has 0 aromatic heterocycles. The Kier molecular flexibility index (Phi) is 4.23. The molecule has 0 spiro atoms. The van der Waals surface area contributed by atoms with Crippen LogP contribution >= 0.6 is 11.6 Å². The highest BCUT2D eigenvalue weighted by Crippen LogP contribution is 2.40. The molecule has 2 unspecified atom stereocenters. The molecule has 1 saturated carbocycles. The lowest BCUT2D eigenvalue weighted by Gasteiger charge is -2.47. The van der Waals surface area contributed by atoms with Gasteiger partial charge in [0.1, 0.15) is 0 Å². The number of hydrogen-bond acceptors (Lipinski definition) is 2. The van der Waals surface area contributed by atoms with Crippen LogP contribution in [0, 0.1) is 5.92 Å². The first-order valence-corrected chi connectivity index (χ1v) is 8.32. The number of alkyl halides is 1. The zero-order valence-corrected chi connectivity index (χ0v) is 13.0. The average Bonchev–Trinajstić information content (AvgIpc) is 2.53.